The normalized spacial score (nSPS) is 12.0. The Hall–Kier alpha value is 0.0969. The van der Waals surface area contributed by atoms with Crippen LogP contribution in [0.3, 0.4) is 0 Å². The fraction of sp³-hybridized carbons (Fsp3) is 1.00. The molecule has 0 N–H and O–H groups in total. The average molecular weight is 683 g/mol. The molecule has 47 heavy (non-hydrogen) atoms. The van der Waals surface area contributed by atoms with Crippen LogP contribution in [-0.2, 0) is 13.3 Å². The van der Waals surface area contributed by atoms with Gasteiger partial charge in [0.05, 0.1) is 0 Å². The second-order valence-electron chi connectivity index (χ2n) is 15.1. The van der Waals surface area contributed by atoms with Crippen molar-refractivity contribution < 1.29 is 13.3 Å². The van der Waals surface area contributed by atoms with Crippen LogP contribution in [-0.4, -0.2) is 30.1 Å². The first-order valence-corrected chi connectivity index (χ1v) is 23.8. The highest BCUT2D eigenvalue weighted by atomic mass is 28.4. The van der Waals surface area contributed by atoms with Crippen LogP contribution in [0.25, 0.3) is 0 Å². The van der Waals surface area contributed by atoms with Crippen LogP contribution in [0.1, 0.15) is 251 Å². The zero-order chi connectivity index (χ0) is 34.2. The molecule has 0 aromatic carbocycles. The minimum atomic E-state index is -2.35. The maximum absolute atomic E-state index is 5.51. The van der Waals surface area contributed by atoms with Gasteiger partial charge in [-0.05, 0) is 6.42 Å². The Morgan fingerprint density at radius 3 is 0.532 bits per heavy atom. The van der Waals surface area contributed by atoms with E-state index in [-0.39, 0.29) is 0 Å². The van der Waals surface area contributed by atoms with Crippen LogP contribution in [0.4, 0.5) is 0 Å². The number of unbranched alkanes of at least 4 members (excludes halogenated alkanes) is 37. The highest BCUT2D eigenvalue weighted by Gasteiger charge is 2.36. The molecule has 0 amide bonds. The molecule has 0 aliphatic heterocycles. The summed E-state index contributed by atoms with van der Waals surface area (Å²) in [7, 11) is 2.79. The fourth-order valence-electron chi connectivity index (χ4n) is 7.33. The van der Waals surface area contributed by atoms with Gasteiger partial charge in [0, 0.05) is 27.4 Å². The lowest BCUT2D eigenvalue weighted by atomic mass is 10.0. The zero-order valence-corrected chi connectivity index (χ0v) is 34.3. The van der Waals surface area contributed by atoms with E-state index >= 15 is 0 Å². The molecule has 0 rings (SSSR count). The first-order chi connectivity index (χ1) is 23.2. The van der Waals surface area contributed by atoms with Crippen molar-refractivity contribution in [2.45, 2.75) is 257 Å². The quantitative estimate of drug-likeness (QED) is 0.0474. The summed E-state index contributed by atoms with van der Waals surface area (Å²) in [6, 6.07) is 0.941. The van der Waals surface area contributed by atoms with Gasteiger partial charge in [-0.2, -0.15) is 0 Å². The van der Waals surface area contributed by atoms with Crippen molar-refractivity contribution in [1.29, 1.82) is 0 Å². The second-order valence-corrected chi connectivity index (χ2v) is 18.2. The molecule has 0 radical (unpaired) electrons. The average Bonchev–Trinajstić information content (AvgIpc) is 3.09. The summed E-state index contributed by atoms with van der Waals surface area (Å²) in [6.07, 6.45) is 55.1. The molecule has 0 bridgehead atoms. The Balaban J connectivity index is 3.11. The van der Waals surface area contributed by atoms with Crippen molar-refractivity contribution in [3.63, 3.8) is 0 Å². The Morgan fingerprint density at radius 1 is 0.234 bits per heavy atom. The Labute approximate surface area is 299 Å². The van der Waals surface area contributed by atoms with Gasteiger partial charge in [0.1, 0.15) is 0 Å². The lowest BCUT2D eigenvalue weighted by Gasteiger charge is -2.24. The lowest BCUT2D eigenvalue weighted by molar-refractivity contribution is 0.122. The van der Waals surface area contributed by atoms with E-state index in [0.29, 0.717) is 0 Å². The van der Waals surface area contributed by atoms with E-state index < -0.39 is 8.80 Å². The van der Waals surface area contributed by atoms with Crippen molar-refractivity contribution in [2.24, 2.45) is 0 Å². The molecular formula is C43H90O3Si. The largest absolute Gasteiger partial charge is 0.500 e. The van der Waals surface area contributed by atoms with Gasteiger partial charge in [-0.25, -0.2) is 0 Å². The van der Waals surface area contributed by atoms with Crippen LogP contribution in [0.5, 0.6) is 0 Å². The van der Waals surface area contributed by atoms with E-state index in [4.69, 9.17) is 13.3 Å². The molecule has 0 aromatic rings. The van der Waals surface area contributed by atoms with E-state index in [2.05, 4.69) is 6.92 Å². The summed E-state index contributed by atoms with van der Waals surface area (Å²) in [6.45, 7) is 2.31. The predicted molar refractivity (Wildman–Crippen MR) is 213 cm³/mol. The van der Waals surface area contributed by atoms with Gasteiger partial charge >= 0.3 is 8.80 Å². The molecule has 0 spiro atoms. The molecule has 0 saturated heterocycles. The minimum Gasteiger partial charge on any atom is -0.377 e. The van der Waals surface area contributed by atoms with Crippen LogP contribution in [0, 0.1) is 0 Å². The molecule has 0 fully saturated rings. The first kappa shape index (κ1) is 47.1. The summed E-state index contributed by atoms with van der Waals surface area (Å²) >= 11 is 0. The van der Waals surface area contributed by atoms with Gasteiger partial charge in [0.25, 0.3) is 0 Å². The Kier molecular flexibility index (Phi) is 40.6. The highest BCUT2D eigenvalue weighted by molar-refractivity contribution is 6.60. The molecule has 0 saturated carbocycles. The summed E-state index contributed by atoms with van der Waals surface area (Å²) in [5, 5.41) is 0. The van der Waals surface area contributed by atoms with Gasteiger partial charge in [-0.15, -0.1) is 0 Å². The SMILES string of the molecule is CCCCCCCCCCCCCCCCCCCCCCCCCCCCCCCCCCCCCCCC[Si](OC)(OC)OC. The molecule has 0 aliphatic rings. The summed E-state index contributed by atoms with van der Waals surface area (Å²) in [5.74, 6) is 0. The van der Waals surface area contributed by atoms with Crippen LogP contribution in [0.15, 0.2) is 0 Å². The maximum atomic E-state index is 5.51. The maximum Gasteiger partial charge on any atom is 0.500 e. The molecule has 0 atom stereocenters. The van der Waals surface area contributed by atoms with E-state index in [0.717, 1.165) is 12.5 Å². The predicted octanol–water partition coefficient (Wildman–Crippen LogP) is 15.7. The van der Waals surface area contributed by atoms with Gasteiger partial charge in [-0.3, -0.25) is 0 Å². The second kappa shape index (κ2) is 40.5. The highest BCUT2D eigenvalue weighted by Crippen LogP contribution is 2.20. The van der Waals surface area contributed by atoms with Gasteiger partial charge < -0.3 is 13.3 Å². The molecule has 0 unspecified atom stereocenters. The number of rotatable bonds is 42. The summed E-state index contributed by atoms with van der Waals surface area (Å²) in [4.78, 5) is 0. The summed E-state index contributed by atoms with van der Waals surface area (Å²) < 4.78 is 16.5. The van der Waals surface area contributed by atoms with Crippen LogP contribution < -0.4 is 0 Å². The Bertz CT molecular complexity index is 545. The molecule has 284 valence electrons. The number of hydrogen-bond donors (Lipinski definition) is 0. The topological polar surface area (TPSA) is 27.7 Å². The van der Waals surface area contributed by atoms with E-state index in [1.165, 1.54) is 238 Å². The molecule has 0 aliphatic carbocycles. The molecule has 0 heterocycles. The lowest BCUT2D eigenvalue weighted by Crippen LogP contribution is -2.42. The van der Waals surface area contributed by atoms with Crippen molar-refractivity contribution >= 4 is 8.80 Å². The van der Waals surface area contributed by atoms with Crippen LogP contribution >= 0.6 is 0 Å². The van der Waals surface area contributed by atoms with Crippen molar-refractivity contribution in [3.05, 3.63) is 0 Å². The van der Waals surface area contributed by atoms with Crippen molar-refractivity contribution in [3.8, 4) is 0 Å². The third-order valence-corrected chi connectivity index (χ3v) is 13.6. The third kappa shape index (κ3) is 35.7. The zero-order valence-electron chi connectivity index (χ0n) is 33.3. The minimum absolute atomic E-state index is 0.941. The summed E-state index contributed by atoms with van der Waals surface area (Å²) in [5.41, 5.74) is 0. The monoisotopic (exact) mass is 683 g/mol. The third-order valence-electron chi connectivity index (χ3n) is 10.8. The van der Waals surface area contributed by atoms with E-state index in [1.807, 2.05) is 0 Å². The van der Waals surface area contributed by atoms with Crippen molar-refractivity contribution in [1.82, 2.24) is 0 Å². The standard InChI is InChI=1S/C43H90O3Si/c1-5-6-7-8-9-10-11-12-13-14-15-16-17-18-19-20-21-22-23-24-25-26-27-28-29-30-31-32-33-34-35-36-37-38-39-40-41-42-43-47(44-2,45-3)46-4/h5-43H2,1-4H3. The van der Waals surface area contributed by atoms with Gasteiger partial charge in [-0.1, -0.05) is 244 Å². The smallest absolute Gasteiger partial charge is 0.377 e. The molecule has 4 heteroatoms. The van der Waals surface area contributed by atoms with E-state index in [1.54, 1.807) is 21.3 Å². The van der Waals surface area contributed by atoms with E-state index in [9.17, 15) is 0 Å². The van der Waals surface area contributed by atoms with Crippen molar-refractivity contribution in [2.75, 3.05) is 21.3 Å². The first-order valence-electron chi connectivity index (χ1n) is 21.9. The number of hydrogen-bond acceptors (Lipinski definition) is 3. The molecular weight excluding hydrogens is 593 g/mol. The Morgan fingerprint density at radius 2 is 0.383 bits per heavy atom. The fourth-order valence-corrected chi connectivity index (χ4v) is 9.13. The molecule has 0 aromatic heterocycles. The van der Waals surface area contributed by atoms with Gasteiger partial charge in [0.2, 0.25) is 0 Å². The molecule has 3 nitrogen and oxygen atoms in total. The van der Waals surface area contributed by atoms with Crippen LogP contribution in [0.2, 0.25) is 6.04 Å². The van der Waals surface area contributed by atoms with Gasteiger partial charge in [0.15, 0.2) is 0 Å².